The molecule has 5 nitrogen and oxygen atoms in total. The van der Waals surface area contributed by atoms with Crippen molar-refractivity contribution in [1.82, 2.24) is 15.1 Å². The first kappa shape index (κ1) is 16.7. The van der Waals surface area contributed by atoms with E-state index in [0.29, 0.717) is 12.2 Å². The van der Waals surface area contributed by atoms with Crippen LogP contribution in [0.5, 0.6) is 0 Å². The number of carbonyl (C=O) groups is 1. The highest BCUT2D eigenvalue weighted by Gasteiger charge is 2.33. The quantitative estimate of drug-likeness (QED) is 0.909. The summed E-state index contributed by atoms with van der Waals surface area (Å²) in [5, 5.41) is 7.70. The number of aryl methyl sites for hydroxylation is 1. The van der Waals surface area contributed by atoms with Crippen LogP contribution in [0.4, 0.5) is 5.69 Å². The smallest absolute Gasteiger partial charge is 0.272 e. The first-order valence-corrected chi connectivity index (χ1v) is 8.03. The molecule has 0 saturated carbocycles. The van der Waals surface area contributed by atoms with Crippen LogP contribution in [0.1, 0.15) is 71.1 Å². The summed E-state index contributed by atoms with van der Waals surface area (Å²) < 4.78 is 1.82. The van der Waals surface area contributed by atoms with E-state index >= 15 is 0 Å². The summed E-state index contributed by atoms with van der Waals surface area (Å²) in [7, 11) is 0. The molecule has 1 aromatic rings. The van der Waals surface area contributed by atoms with Crippen molar-refractivity contribution in [2.75, 3.05) is 6.54 Å². The monoisotopic (exact) mass is 304 g/mol. The highest BCUT2D eigenvalue weighted by molar-refractivity contribution is 6.05. The molecule has 2 rings (SSSR count). The molecule has 0 saturated heterocycles. The summed E-state index contributed by atoms with van der Waals surface area (Å²) in [5.41, 5.74) is 3.00. The second kappa shape index (κ2) is 5.52. The summed E-state index contributed by atoms with van der Waals surface area (Å²) in [6.45, 7) is 16.0. The second-order valence-electron chi connectivity index (χ2n) is 8.01. The Morgan fingerprint density at radius 3 is 2.27 bits per heavy atom. The van der Waals surface area contributed by atoms with E-state index in [2.05, 4.69) is 53.8 Å². The fraction of sp³-hybridized carbons (Fsp3) is 0.706. The number of carbonyl (C=O) groups excluding carboxylic acids is 1. The molecule has 122 valence electrons. The van der Waals surface area contributed by atoms with Gasteiger partial charge in [-0.05, 0) is 6.42 Å². The zero-order chi connectivity index (χ0) is 16.7. The maximum atomic E-state index is 12.6. The van der Waals surface area contributed by atoms with Gasteiger partial charge >= 0.3 is 0 Å². The van der Waals surface area contributed by atoms with E-state index in [1.165, 1.54) is 0 Å². The van der Waals surface area contributed by atoms with Crippen LogP contribution in [0, 0.1) is 5.41 Å². The van der Waals surface area contributed by atoms with Crippen LogP contribution in [0.25, 0.3) is 0 Å². The van der Waals surface area contributed by atoms with Gasteiger partial charge in [0.05, 0.1) is 12.2 Å². The Labute approximate surface area is 133 Å². The molecule has 0 bridgehead atoms. The number of aromatic nitrogens is 2. The fourth-order valence-corrected chi connectivity index (χ4v) is 2.52. The molecule has 0 radical (unpaired) electrons. The molecule has 1 N–H and O–H groups in total. The van der Waals surface area contributed by atoms with Crippen LogP contribution in [-0.2, 0) is 12.0 Å². The van der Waals surface area contributed by atoms with Gasteiger partial charge in [0.1, 0.15) is 5.69 Å². The van der Waals surface area contributed by atoms with Crippen LogP contribution >= 0.6 is 0 Å². The number of fused-ring (bicyclic) bond motifs is 1. The minimum absolute atomic E-state index is 0.0746. The van der Waals surface area contributed by atoms with Gasteiger partial charge < -0.3 is 5.32 Å². The van der Waals surface area contributed by atoms with Crippen molar-refractivity contribution in [2.24, 2.45) is 10.4 Å². The number of hydrogen-bond donors (Lipinski definition) is 1. The number of nitrogens with zero attached hydrogens (tertiary/aromatic N) is 3. The zero-order valence-electron chi connectivity index (χ0n) is 14.9. The van der Waals surface area contributed by atoms with Gasteiger partial charge in [-0.15, -0.1) is 0 Å². The highest BCUT2D eigenvalue weighted by atomic mass is 16.2. The number of amides is 1. The Morgan fingerprint density at radius 2 is 1.77 bits per heavy atom. The molecule has 1 aliphatic heterocycles. The molecule has 0 fully saturated rings. The van der Waals surface area contributed by atoms with Crippen molar-refractivity contribution in [1.29, 1.82) is 0 Å². The van der Waals surface area contributed by atoms with Crippen LogP contribution < -0.4 is 5.32 Å². The minimum atomic E-state index is -0.153. The molecule has 5 heteroatoms. The van der Waals surface area contributed by atoms with E-state index < -0.39 is 0 Å². The van der Waals surface area contributed by atoms with Gasteiger partial charge in [-0.3, -0.25) is 14.5 Å². The van der Waals surface area contributed by atoms with Gasteiger partial charge in [-0.2, -0.15) is 5.10 Å². The van der Waals surface area contributed by atoms with Crippen LogP contribution in [0.15, 0.2) is 4.99 Å². The van der Waals surface area contributed by atoms with Crippen molar-refractivity contribution in [3.63, 3.8) is 0 Å². The molecule has 1 amide bonds. The SMILES string of the molecule is CCCn1nc(C(C)(C)C)c2c1C(=O)NCC(C(C)(C)C)=N2. The average molecular weight is 304 g/mol. The Morgan fingerprint density at radius 1 is 1.14 bits per heavy atom. The molecule has 0 aliphatic carbocycles. The van der Waals surface area contributed by atoms with Gasteiger partial charge in [0.2, 0.25) is 0 Å². The van der Waals surface area contributed by atoms with Crippen LogP contribution in [0.3, 0.4) is 0 Å². The summed E-state index contributed by atoms with van der Waals surface area (Å²) in [4.78, 5) is 17.4. The lowest BCUT2D eigenvalue weighted by Crippen LogP contribution is -2.34. The van der Waals surface area contributed by atoms with E-state index in [0.717, 1.165) is 30.1 Å². The molecule has 0 aromatic carbocycles. The summed E-state index contributed by atoms with van der Waals surface area (Å²) in [5.74, 6) is -0.0746. The maximum absolute atomic E-state index is 12.6. The van der Waals surface area contributed by atoms with Crippen molar-refractivity contribution < 1.29 is 4.79 Å². The summed E-state index contributed by atoms with van der Waals surface area (Å²) >= 11 is 0. The van der Waals surface area contributed by atoms with Crippen LogP contribution in [-0.4, -0.2) is 27.9 Å². The van der Waals surface area contributed by atoms with Gasteiger partial charge in [-0.1, -0.05) is 48.5 Å². The van der Waals surface area contributed by atoms with Gasteiger partial charge in [0.25, 0.3) is 5.91 Å². The zero-order valence-corrected chi connectivity index (χ0v) is 14.9. The lowest BCUT2D eigenvalue weighted by atomic mass is 9.89. The van der Waals surface area contributed by atoms with Crippen LogP contribution in [0.2, 0.25) is 0 Å². The third kappa shape index (κ3) is 3.08. The normalized spacial score (nSPS) is 16.0. The number of rotatable bonds is 2. The molecule has 1 aliphatic rings. The molecule has 22 heavy (non-hydrogen) atoms. The van der Waals surface area contributed by atoms with E-state index in [1.54, 1.807) is 0 Å². The Kier molecular flexibility index (Phi) is 4.20. The van der Waals surface area contributed by atoms with Crippen molar-refractivity contribution in [2.45, 2.75) is 66.8 Å². The number of hydrogen-bond acceptors (Lipinski definition) is 3. The fourth-order valence-electron chi connectivity index (χ4n) is 2.52. The van der Waals surface area contributed by atoms with E-state index in [-0.39, 0.29) is 16.7 Å². The number of aliphatic imine (C=N–C) groups is 1. The van der Waals surface area contributed by atoms with Crippen molar-refractivity contribution in [3.8, 4) is 0 Å². The third-order valence-electron chi connectivity index (χ3n) is 3.82. The van der Waals surface area contributed by atoms with E-state index in [9.17, 15) is 4.79 Å². The summed E-state index contributed by atoms with van der Waals surface area (Å²) in [6.07, 6.45) is 0.931. The standard InChI is InChI=1S/C17H28N4O/c1-8-9-21-13-12(14(20-21)17(5,6)7)19-11(16(2,3)4)10-18-15(13)22/h8-10H2,1-7H3,(H,18,22). The highest BCUT2D eigenvalue weighted by Crippen LogP contribution is 2.36. The lowest BCUT2D eigenvalue weighted by molar-refractivity contribution is 0.0949. The molecule has 0 unspecified atom stereocenters. The Bertz CT molecular complexity index is 612. The predicted octanol–water partition coefficient (Wildman–Crippen LogP) is 3.45. The molecule has 0 atom stereocenters. The first-order chi connectivity index (χ1) is 10.1. The Hall–Kier alpha value is -1.65. The second-order valence-corrected chi connectivity index (χ2v) is 8.01. The lowest BCUT2D eigenvalue weighted by Gasteiger charge is -2.21. The van der Waals surface area contributed by atoms with Crippen molar-refractivity contribution in [3.05, 3.63) is 11.4 Å². The molecular formula is C17H28N4O. The van der Waals surface area contributed by atoms with Crippen molar-refractivity contribution >= 4 is 17.3 Å². The molecular weight excluding hydrogens is 276 g/mol. The van der Waals surface area contributed by atoms with E-state index in [4.69, 9.17) is 10.1 Å². The third-order valence-corrected chi connectivity index (χ3v) is 3.82. The largest absolute Gasteiger partial charge is 0.345 e. The maximum Gasteiger partial charge on any atom is 0.272 e. The minimum Gasteiger partial charge on any atom is -0.345 e. The predicted molar refractivity (Wildman–Crippen MR) is 90.1 cm³/mol. The van der Waals surface area contributed by atoms with Gasteiger partial charge in [-0.25, -0.2) is 0 Å². The average Bonchev–Trinajstić information content (AvgIpc) is 2.62. The topological polar surface area (TPSA) is 59.3 Å². The molecule has 1 aromatic heterocycles. The molecule has 2 heterocycles. The molecule has 0 spiro atoms. The summed E-state index contributed by atoms with van der Waals surface area (Å²) in [6, 6.07) is 0. The number of nitrogens with one attached hydrogen (secondary N) is 1. The Balaban J connectivity index is 2.72. The first-order valence-electron chi connectivity index (χ1n) is 8.03. The van der Waals surface area contributed by atoms with E-state index in [1.807, 2.05) is 4.68 Å². The van der Waals surface area contributed by atoms with Gasteiger partial charge in [0.15, 0.2) is 5.69 Å². The van der Waals surface area contributed by atoms with Gasteiger partial charge in [0, 0.05) is 23.1 Å².